The van der Waals surface area contributed by atoms with Crippen molar-refractivity contribution < 1.29 is 22.7 Å². The topological polar surface area (TPSA) is 103 Å². The summed E-state index contributed by atoms with van der Waals surface area (Å²) in [5, 5.41) is 0. The Kier molecular flexibility index (Phi) is 8.85. The lowest BCUT2D eigenvalue weighted by Gasteiger charge is -2.32. The first-order valence-electron chi connectivity index (χ1n) is 11.0. The molecule has 0 spiro atoms. The highest BCUT2D eigenvalue weighted by Crippen LogP contribution is 2.34. The van der Waals surface area contributed by atoms with E-state index in [0.29, 0.717) is 11.4 Å². The number of pyridine rings is 1. The van der Waals surface area contributed by atoms with Gasteiger partial charge in [-0.2, -0.15) is 13.2 Å². The summed E-state index contributed by atoms with van der Waals surface area (Å²) < 4.78 is 46.9. The van der Waals surface area contributed by atoms with Crippen LogP contribution in [0.15, 0.2) is 57.9 Å². The third-order valence-electron chi connectivity index (χ3n) is 5.48. The third kappa shape index (κ3) is 5.93. The first-order chi connectivity index (χ1) is 17.1. The number of hydrogen-bond donors (Lipinski definition) is 1. The lowest BCUT2D eigenvalue weighted by Crippen LogP contribution is -2.42. The summed E-state index contributed by atoms with van der Waals surface area (Å²) in [5.41, 5.74) is 4.39. The van der Waals surface area contributed by atoms with Gasteiger partial charge in [0.2, 0.25) is 5.88 Å². The number of ether oxygens (including phenoxy) is 1. The Morgan fingerprint density at radius 3 is 2.44 bits per heavy atom. The fourth-order valence-corrected chi connectivity index (χ4v) is 4.31. The smallest absolute Gasteiger partial charge is 0.434 e. The van der Waals surface area contributed by atoms with Crippen LogP contribution in [0.4, 0.5) is 13.2 Å². The first kappa shape index (κ1) is 27.3. The Labute approximate surface area is 214 Å². The third-order valence-corrected chi connectivity index (χ3v) is 6.19. The number of amides is 1. The van der Waals surface area contributed by atoms with Crippen molar-refractivity contribution >= 4 is 21.8 Å². The van der Waals surface area contributed by atoms with Crippen LogP contribution in [0.1, 0.15) is 46.8 Å². The van der Waals surface area contributed by atoms with E-state index in [1.54, 1.807) is 37.3 Å². The monoisotopic (exact) mass is 567 g/mol. The molecule has 0 saturated carbocycles. The molecule has 1 amide bonds. The van der Waals surface area contributed by atoms with Crippen molar-refractivity contribution in [3.05, 3.63) is 86.1 Å². The molecular formula is C24H25BrF3N5O3. The van der Waals surface area contributed by atoms with Gasteiger partial charge in [0.15, 0.2) is 5.69 Å². The Hall–Kier alpha value is -3.25. The predicted molar refractivity (Wildman–Crippen MR) is 131 cm³/mol. The Morgan fingerprint density at radius 1 is 1.22 bits per heavy atom. The van der Waals surface area contributed by atoms with E-state index in [2.05, 4.69) is 25.9 Å². The summed E-state index contributed by atoms with van der Waals surface area (Å²) in [6, 6.07) is 10.8. The molecule has 2 N–H and O–H groups in total. The zero-order chi connectivity index (χ0) is 26.5. The lowest BCUT2D eigenvalue weighted by molar-refractivity contribution is -0.142. The highest BCUT2D eigenvalue weighted by Gasteiger charge is 2.39. The Morgan fingerprint density at radius 2 is 1.92 bits per heavy atom. The number of nitrogens with zero attached hydrogens (tertiary/aromatic N) is 4. The fraction of sp³-hybridized carbons (Fsp3) is 0.333. The van der Waals surface area contributed by atoms with Crippen LogP contribution in [0.5, 0.6) is 5.88 Å². The molecule has 3 aromatic rings. The van der Waals surface area contributed by atoms with Gasteiger partial charge in [0.1, 0.15) is 10.3 Å². The Balaban J connectivity index is 2.19. The SMILES string of the molecule is CCC(c1nc(C(F)(F)F)c(Br)c(=O)n1Cc1ccccc1)N(CCN)C(=O)c1ccc(OC)nc1. The van der Waals surface area contributed by atoms with E-state index in [9.17, 15) is 22.8 Å². The van der Waals surface area contributed by atoms with Crippen molar-refractivity contribution in [1.82, 2.24) is 19.4 Å². The minimum atomic E-state index is -4.89. The van der Waals surface area contributed by atoms with Crippen LogP contribution in [-0.4, -0.2) is 45.5 Å². The van der Waals surface area contributed by atoms with Gasteiger partial charge < -0.3 is 15.4 Å². The summed E-state index contributed by atoms with van der Waals surface area (Å²) in [6.07, 6.45) is -3.40. The molecule has 0 saturated heterocycles. The molecule has 1 aromatic carbocycles. The van der Waals surface area contributed by atoms with Crippen LogP contribution >= 0.6 is 15.9 Å². The molecule has 0 aliphatic rings. The van der Waals surface area contributed by atoms with E-state index < -0.39 is 33.9 Å². The zero-order valence-corrected chi connectivity index (χ0v) is 21.2. The number of aromatic nitrogens is 3. The van der Waals surface area contributed by atoms with Gasteiger partial charge in [0.05, 0.1) is 25.3 Å². The van der Waals surface area contributed by atoms with Crippen LogP contribution in [0, 0.1) is 0 Å². The minimum Gasteiger partial charge on any atom is -0.481 e. The molecule has 3 rings (SSSR count). The van der Waals surface area contributed by atoms with Crippen LogP contribution in [-0.2, 0) is 12.7 Å². The van der Waals surface area contributed by atoms with Gasteiger partial charge in [-0.05, 0) is 34.0 Å². The van der Waals surface area contributed by atoms with E-state index in [1.807, 2.05) is 0 Å². The highest BCUT2D eigenvalue weighted by atomic mass is 79.9. The van der Waals surface area contributed by atoms with Gasteiger partial charge in [-0.25, -0.2) is 9.97 Å². The molecule has 2 heterocycles. The number of hydrogen-bond acceptors (Lipinski definition) is 6. The molecule has 0 fully saturated rings. The average molecular weight is 568 g/mol. The first-order valence-corrected chi connectivity index (χ1v) is 11.8. The number of alkyl halides is 3. The molecular weight excluding hydrogens is 543 g/mol. The van der Waals surface area contributed by atoms with Gasteiger partial charge in [0.25, 0.3) is 11.5 Å². The van der Waals surface area contributed by atoms with Crippen LogP contribution in [0.2, 0.25) is 0 Å². The quantitative estimate of drug-likeness (QED) is 0.418. The number of carbonyl (C=O) groups is 1. The minimum absolute atomic E-state index is 0.0159. The molecule has 8 nitrogen and oxygen atoms in total. The van der Waals surface area contributed by atoms with Crippen LogP contribution < -0.4 is 16.0 Å². The van der Waals surface area contributed by atoms with Gasteiger partial charge >= 0.3 is 6.18 Å². The van der Waals surface area contributed by atoms with E-state index >= 15 is 0 Å². The standard InChI is InChI=1S/C24H25BrF3N5O3/c1-3-17(32(12-11-29)22(34)16-9-10-18(36-2)30-13-16)21-31-20(24(26,27)28)19(25)23(35)33(21)14-15-7-5-4-6-8-15/h4-10,13,17H,3,11-12,14,29H2,1-2H3. The number of carbonyl (C=O) groups excluding carboxylic acids is 1. The zero-order valence-electron chi connectivity index (χ0n) is 19.6. The molecule has 0 radical (unpaired) electrons. The van der Waals surface area contributed by atoms with Crippen molar-refractivity contribution in [1.29, 1.82) is 0 Å². The van der Waals surface area contributed by atoms with Crippen molar-refractivity contribution in [2.24, 2.45) is 5.73 Å². The molecule has 36 heavy (non-hydrogen) atoms. The van der Waals surface area contributed by atoms with Gasteiger partial charge in [0, 0.05) is 25.4 Å². The van der Waals surface area contributed by atoms with E-state index in [0.717, 1.165) is 4.57 Å². The van der Waals surface area contributed by atoms with Crippen molar-refractivity contribution in [3.63, 3.8) is 0 Å². The van der Waals surface area contributed by atoms with E-state index in [1.165, 1.54) is 30.3 Å². The molecule has 0 bridgehead atoms. The maximum Gasteiger partial charge on any atom is 0.434 e. The van der Waals surface area contributed by atoms with Crippen LogP contribution in [0.25, 0.3) is 0 Å². The summed E-state index contributed by atoms with van der Waals surface area (Å²) in [7, 11) is 1.43. The highest BCUT2D eigenvalue weighted by molar-refractivity contribution is 9.10. The molecule has 1 atom stereocenters. The second-order valence-corrected chi connectivity index (χ2v) is 8.60. The van der Waals surface area contributed by atoms with Gasteiger partial charge in [-0.15, -0.1) is 0 Å². The normalized spacial score (nSPS) is 12.3. The van der Waals surface area contributed by atoms with E-state index in [-0.39, 0.29) is 37.4 Å². The number of halogens is 4. The molecule has 0 aliphatic heterocycles. The number of methoxy groups -OCH3 is 1. The summed E-state index contributed by atoms with van der Waals surface area (Å²) >= 11 is 2.80. The van der Waals surface area contributed by atoms with Crippen molar-refractivity contribution in [2.75, 3.05) is 20.2 Å². The van der Waals surface area contributed by atoms with E-state index in [4.69, 9.17) is 10.5 Å². The maximum absolute atomic E-state index is 13.8. The largest absolute Gasteiger partial charge is 0.481 e. The van der Waals surface area contributed by atoms with Crippen LogP contribution in [0.3, 0.4) is 0 Å². The van der Waals surface area contributed by atoms with Crippen molar-refractivity contribution in [2.45, 2.75) is 32.1 Å². The number of rotatable bonds is 9. The van der Waals surface area contributed by atoms with Crippen molar-refractivity contribution in [3.8, 4) is 5.88 Å². The predicted octanol–water partition coefficient (Wildman–Crippen LogP) is 4.03. The molecule has 1 unspecified atom stereocenters. The molecule has 2 aromatic heterocycles. The molecule has 0 aliphatic carbocycles. The summed E-state index contributed by atoms with van der Waals surface area (Å²) in [5.74, 6) is -0.408. The fourth-order valence-electron chi connectivity index (χ4n) is 3.78. The second kappa shape index (κ2) is 11.7. The average Bonchev–Trinajstić information content (AvgIpc) is 2.87. The Bertz CT molecular complexity index is 1250. The molecule has 12 heteroatoms. The summed E-state index contributed by atoms with van der Waals surface area (Å²) in [4.78, 5) is 35.9. The number of nitrogens with two attached hydrogens (primary N) is 1. The summed E-state index contributed by atoms with van der Waals surface area (Å²) in [6.45, 7) is 1.71. The van der Waals surface area contributed by atoms with Gasteiger partial charge in [-0.1, -0.05) is 37.3 Å². The van der Waals surface area contributed by atoms with Gasteiger partial charge in [-0.3, -0.25) is 14.2 Å². The number of benzene rings is 1. The lowest BCUT2D eigenvalue weighted by atomic mass is 10.1. The maximum atomic E-state index is 13.8. The molecule has 192 valence electrons. The second-order valence-electron chi connectivity index (χ2n) is 7.81.